The van der Waals surface area contributed by atoms with Crippen LogP contribution in [0.4, 0.5) is 0 Å². The van der Waals surface area contributed by atoms with Crippen molar-refractivity contribution in [2.24, 2.45) is 5.73 Å². The van der Waals surface area contributed by atoms with E-state index in [-0.39, 0.29) is 29.6 Å². The van der Waals surface area contributed by atoms with Crippen molar-refractivity contribution in [1.82, 2.24) is 10.6 Å². The zero-order valence-corrected chi connectivity index (χ0v) is 31.7. The van der Waals surface area contributed by atoms with Gasteiger partial charge in [0.2, 0.25) is 17.6 Å². The summed E-state index contributed by atoms with van der Waals surface area (Å²) in [6.07, 6.45) is -28.1. The second-order valence-electron chi connectivity index (χ2n) is 12.9. The van der Waals surface area contributed by atoms with Gasteiger partial charge in [0.25, 0.3) is 0 Å². The fraction of sp³-hybridized carbons (Fsp3) is 0.862. The minimum absolute atomic E-state index is 0. The van der Waals surface area contributed by atoms with Crippen LogP contribution >= 0.6 is 0 Å². The zero-order chi connectivity index (χ0) is 40.1. The minimum atomic E-state index is -3.21. The summed E-state index contributed by atoms with van der Waals surface area (Å²) in [6, 6.07) is -4.82. The number of rotatable bonds is 16. The first kappa shape index (κ1) is 48.4. The van der Waals surface area contributed by atoms with Crippen LogP contribution in [0.3, 0.4) is 0 Å². The van der Waals surface area contributed by atoms with Crippen LogP contribution in [0.1, 0.15) is 27.2 Å². The molecule has 3 heterocycles. The molecule has 0 aromatic heterocycles. The number of aliphatic hydroxyl groups is 9. The van der Waals surface area contributed by atoms with Crippen molar-refractivity contribution < 1.29 is 133 Å². The Kier molecular flexibility index (Phi) is 18.5. The largest absolute Gasteiger partial charge is 1.00 e. The average molecular weight is 798 g/mol. The van der Waals surface area contributed by atoms with Gasteiger partial charge in [0.05, 0.1) is 38.1 Å². The van der Waals surface area contributed by atoms with Gasteiger partial charge in [0.1, 0.15) is 79.1 Å². The van der Waals surface area contributed by atoms with Gasteiger partial charge < -0.3 is 106 Å². The minimum Gasteiger partial charge on any atom is -0.544 e. The molecule has 25 heteroatoms. The van der Waals surface area contributed by atoms with Gasteiger partial charge in [-0.3, -0.25) is 14.4 Å². The average Bonchev–Trinajstić information content (AvgIpc) is 3.09. The van der Waals surface area contributed by atoms with Crippen molar-refractivity contribution >= 4 is 23.8 Å². The van der Waals surface area contributed by atoms with Crippen molar-refractivity contribution in [2.75, 3.05) is 19.8 Å². The van der Waals surface area contributed by atoms with Gasteiger partial charge in [-0.15, -0.1) is 0 Å². The number of carbonyl (C=O) groups is 4. The molecule has 0 bridgehead atoms. The summed E-state index contributed by atoms with van der Waals surface area (Å²) in [5.74, 6) is -8.51. The molecule has 2 amide bonds. The Hall–Kier alpha value is -1.76. The maximum absolute atomic E-state index is 12.7. The van der Waals surface area contributed by atoms with Crippen LogP contribution in [0, 0.1) is 0 Å². The van der Waals surface area contributed by atoms with Crippen LogP contribution in [0.15, 0.2) is 0 Å². The molecule has 18 atom stereocenters. The van der Waals surface area contributed by atoms with E-state index in [9.17, 15) is 75.3 Å². The summed E-state index contributed by atoms with van der Waals surface area (Å²) in [6.45, 7) is 0.241. The molecule has 306 valence electrons. The number of amides is 2. The first-order valence-corrected chi connectivity index (χ1v) is 16.4. The van der Waals surface area contributed by atoms with Gasteiger partial charge in [-0.05, 0) is 6.92 Å². The van der Waals surface area contributed by atoms with Gasteiger partial charge >= 0.3 is 35.5 Å². The topological polar surface area (TPSA) is 399 Å². The first-order valence-electron chi connectivity index (χ1n) is 16.4. The van der Waals surface area contributed by atoms with Crippen molar-refractivity contribution in [1.29, 1.82) is 0 Å². The first-order chi connectivity index (χ1) is 24.7. The van der Waals surface area contributed by atoms with E-state index in [1.54, 1.807) is 0 Å². The van der Waals surface area contributed by atoms with Crippen LogP contribution in [-0.4, -0.2) is 204 Å². The van der Waals surface area contributed by atoms with E-state index in [2.05, 4.69) is 10.6 Å². The Bertz CT molecular complexity index is 1270. The summed E-state index contributed by atoms with van der Waals surface area (Å²) < 4.78 is 33.6. The fourth-order valence-corrected chi connectivity index (χ4v) is 6.15. The molecule has 3 rings (SSSR count). The van der Waals surface area contributed by atoms with Crippen LogP contribution in [0.2, 0.25) is 0 Å². The van der Waals surface area contributed by atoms with Crippen LogP contribution in [0.25, 0.3) is 0 Å². The van der Waals surface area contributed by atoms with Crippen molar-refractivity contribution in [3.8, 4) is 0 Å². The fourth-order valence-electron chi connectivity index (χ4n) is 6.15. The Morgan fingerprint density at radius 2 is 1.41 bits per heavy atom. The van der Waals surface area contributed by atoms with E-state index in [4.69, 9.17) is 34.2 Å². The number of carbonyl (C=O) groups excluding carboxylic acids is 3. The predicted molar refractivity (Wildman–Crippen MR) is 163 cm³/mol. The van der Waals surface area contributed by atoms with Crippen molar-refractivity contribution in [3.63, 3.8) is 0 Å². The maximum Gasteiger partial charge on any atom is 1.00 e. The standard InChI is InChI=1S/C29H49N3O21.Na/c1-8(15(30)25(44)45)48-26-17(32-10(3)37)22(19(41)13(6-34)49-26)51-27-21(43)24(20(42)14(7-35)50-27)53-29(28(46)47)4-11(38)16(31-9(2)36)23(52-29)18(40)12(39)5-33;/h8,11-24,26-27,33-35,38-43H,4-7,30H2,1-3H3,(H,31,36)(H,32,37)(H,44,45)(H,46,47);/q;+1/p-1/t8-,11+,12-,13-,14-,15+,16-,17-,18-,19+,20+,21-,22-,23-,24+,26+,27+,29+;/m1./s1. The number of hydrogen-bond donors (Lipinski definition) is 13. The number of nitrogens with two attached hydrogens (primary N) is 1. The van der Waals surface area contributed by atoms with Crippen LogP contribution in [-0.2, 0) is 47.6 Å². The van der Waals surface area contributed by atoms with E-state index in [0.29, 0.717) is 0 Å². The molecular weight excluding hydrogens is 749 g/mol. The molecule has 24 nitrogen and oxygen atoms in total. The van der Waals surface area contributed by atoms with Gasteiger partial charge in [0, 0.05) is 20.3 Å². The van der Waals surface area contributed by atoms with Crippen LogP contribution in [0.5, 0.6) is 0 Å². The number of ether oxygens (including phenoxy) is 6. The van der Waals surface area contributed by atoms with E-state index in [1.165, 1.54) is 6.92 Å². The van der Waals surface area contributed by atoms with Gasteiger partial charge in [0.15, 0.2) is 12.6 Å². The number of aliphatic carboxylic acids is 2. The second-order valence-corrected chi connectivity index (χ2v) is 12.9. The molecule has 0 radical (unpaired) electrons. The number of carboxylic acid groups (broad SMARTS) is 2. The second kappa shape index (κ2) is 20.6. The van der Waals surface area contributed by atoms with Gasteiger partial charge in [-0.2, -0.15) is 0 Å². The Balaban J connectivity index is 0.0000101. The molecule has 0 aromatic rings. The molecule has 3 saturated heterocycles. The molecule has 3 fully saturated rings. The number of carboxylic acids is 2. The van der Waals surface area contributed by atoms with Crippen molar-refractivity contribution in [3.05, 3.63) is 0 Å². The van der Waals surface area contributed by atoms with E-state index < -0.39 is 160 Å². The molecule has 0 unspecified atom stereocenters. The summed E-state index contributed by atoms with van der Waals surface area (Å²) in [7, 11) is 0. The smallest absolute Gasteiger partial charge is 0.544 e. The van der Waals surface area contributed by atoms with Crippen molar-refractivity contribution in [2.45, 2.75) is 137 Å². The molecular formula is C29H48N3NaO21. The third-order valence-corrected chi connectivity index (χ3v) is 8.97. The monoisotopic (exact) mass is 797 g/mol. The quantitative estimate of drug-likeness (QED) is 0.0645. The summed E-state index contributed by atoms with van der Waals surface area (Å²) in [4.78, 5) is 48.2. The molecule has 3 aliphatic rings. The zero-order valence-electron chi connectivity index (χ0n) is 29.7. The molecule has 0 aliphatic carbocycles. The SMILES string of the molecule is CC(=O)N[C@H]1[C@@H](O[C@H](C)[C@H](N)C(=O)O)O[C@H](CO)[C@H](O)[C@@H]1O[C@@H]1O[C@H](CO)[C@H](O)[C@H](O[C@]2(C(=O)[O-])C[C@H](O)[C@@H](NC(C)=O)[C@H]([C@H](O)[C@H](O)CO)O2)[C@H]1O.[Na+]. The molecule has 3 aliphatic heterocycles. The van der Waals surface area contributed by atoms with E-state index in [1.807, 2.05) is 0 Å². The van der Waals surface area contributed by atoms with E-state index >= 15 is 0 Å². The Labute approximate surface area is 329 Å². The third kappa shape index (κ3) is 11.0. The normalized spacial score (nSPS) is 39.2. The molecule has 0 aromatic carbocycles. The van der Waals surface area contributed by atoms with Gasteiger partial charge in [-0.25, -0.2) is 0 Å². The summed E-state index contributed by atoms with van der Waals surface area (Å²) in [5.41, 5.74) is 5.63. The van der Waals surface area contributed by atoms with Gasteiger partial charge in [-0.1, -0.05) is 0 Å². The number of nitrogens with one attached hydrogen (secondary N) is 2. The molecule has 0 saturated carbocycles. The molecule has 14 N–H and O–H groups in total. The number of hydrogen-bond acceptors (Lipinski definition) is 21. The van der Waals surface area contributed by atoms with E-state index in [0.717, 1.165) is 13.8 Å². The number of aliphatic hydroxyl groups excluding tert-OH is 9. The molecule has 0 spiro atoms. The Morgan fingerprint density at radius 3 is 1.89 bits per heavy atom. The third-order valence-electron chi connectivity index (χ3n) is 8.97. The summed E-state index contributed by atoms with van der Waals surface area (Å²) >= 11 is 0. The predicted octanol–water partition coefficient (Wildman–Crippen LogP) is -12.6. The maximum atomic E-state index is 12.7. The molecule has 54 heavy (non-hydrogen) atoms. The Morgan fingerprint density at radius 1 is 0.889 bits per heavy atom. The van der Waals surface area contributed by atoms with Crippen LogP contribution < -0.4 is 51.0 Å². The summed E-state index contributed by atoms with van der Waals surface area (Å²) in [5, 5.41) is 121.